The predicted octanol–water partition coefficient (Wildman–Crippen LogP) is 3.54. The Kier molecular flexibility index (Phi) is 4.27. The first kappa shape index (κ1) is 16.7. The molecule has 6 nitrogen and oxygen atoms in total. The summed E-state index contributed by atoms with van der Waals surface area (Å²) in [5.74, 6) is 1.01. The average Bonchev–Trinajstić information content (AvgIpc) is 3.44. The minimum atomic E-state index is 0.221. The van der Waals surface area contributed by atoms with Crippen LogP contribution >= 0.6 is 11.3 Å². The number of likely N-dealkylation sites (N-methyl/N-ethyl adjacent to an activating group) is 1. The highest BCUT2D eigenvalue weighted by Crippen LogP contribution is 2.28. The summed E-state index contributed by atoms with van der Waals surface area (Å²) < 4.78 is 7.43. The van der Waals surface area contributed by atoms with E-state index in [1.165, 1.54) is 5.56 Å². The van der Waals surface area contributed by atoms with E-state index in [1.54, 1.807) is 17.6 Å². The third-order valence-corrected chi connectivity index (χ3v) is 5.99. The Morgan fingerprint density at radius 1 is 1.19 bits per heavy atom. The molecule has 1 fully saturated rings. The van der Waals surface area contributed by atoms with Gasteiger partial charge in [0, 0.05) is 31.4 Å². The molecular formula is C20H21N5OS. The van der Waals surface area contributed by atoms with Crippen LogP contribution in [0.2, 0.25) is 0 Å². The molecule has 4 aromatic rings. The number of fused-ring (bicyclic) bond motifs is 1. The maximum absolute atomic E-state index is 5.52. The van der Waals surface area contributed by atoms with Crippen molar-refractivity contribution in [3.05, 3.63) is 65.0 Å². The van der Waals surface area contributed by atoms with Crippen LogP contribution in [-0.2, 0) is 6.54 Å². The lowest BCUT2D eigenvalue weighted by Gasteiger charge is -2.38. The molecule has 0 spiro atoms. The molecule has 7 heteroatoms. The van der Waals surface area contributed by atoms with Crippen LogP contribution in [0.4, 0.5) is 0 Å². The third-order valence-electron chi connectivity index (χ3n) is 5.30. The van der Waals surface area contributed by atoms with Crippen molar-refractivity contribution in [1.82, 2.24) is 24.6 Å². The minimum Gasteiger partial charge on any atom is -0.468 e. The summed E-state index contributed by atoms with van der Waals surface area (Å²) in [5, 5.41) is 13.2. The van der Waals surface area contributed by atoms with Crippen molar-refractivity contribution in [3.8, 4) is 11.1 Å². The van der Waals surface area contributed by atoms with Crippen molar-refractivity contribution >= 4 is 16.9 Å². The first-order valence-electron chi connectivity index (χ1n) is 9.10. The standard InChI is InChI=1S/C20H21N5OS/c1-23-7-8-24(12-17-3-2-9-26-17)13-19(23)20-18-5-4-15(11-25(18)22-21-20)16-6-10-27-14-16/h2-6,9-11,14,19H,7-8,12-13H2,1H3/t19-/m1/s1. The zero-order chi connectivity index (χ0) is 18.2. The van der Waals surface area contributed by atoms with Gasteiger partial charge in [-0.25, -0.2) is 4.52 Å². The van der Waals surface area contributed by atoms with Gasteiger partial charge in [0.1, 0.15) is 11.5 Å². The number of piperazine rings is 1. The van der Waals surface area contributed by atoms with Crippen LogP contribution in [0.5, 0.6) is 0 Å². The van der Waals surface area contributed by atoms with E-state index < -0.39 is 0 Å². The van der Waals surface area contributed by atoms with Crippen LogP contribution in [0.15, 0.2) is 58.0 Å². The molecule has 4 aromatic heterocycles. The summed E-state index contributed by atoms with van der Waals surface area (Å²) in [5.41, 5.74) is 4.50. The Hall–Kier alpha value is -2.48. The summed E-state index contributed by atoms with van der Waals surface area (Å²) >= 11 is 1.70. The number of hydrogen-bond donors (Lipinski definition) is 0. The number of rotatable bonds is 4. The maximum atomic E-state index is 5.52. The maximum Gasteiger partial charge on any atom is 0.117 e. The zero-order valence-corrected chi connectivity index (χ0v) is 16.0. The number of furan rings is 1. The van der Waals surface area contributed by atoms with Gasteiger partial charge in [-0.1, -0.05) is 11.3 Å². The van der Waals surface area contributed by atoms with E-state index in [2.05, 4.69) is 62.3 Å². The lowest BCUT2D eigenvalue weighted by molar-refractivity contribution is 0.0840. The molecule has 0 unspecified atom stereocenters. The van der Waals surface area contributed by atoms with E-state index in [9.17, 15) is 0 Å². The quantitative estimate of drug-likeness (QED) is 0.543. The lowest BCUT2D eigenvalue weighted by atomic mass is 10.1. The van der Waals surface area contributed by atoms with Gasteiger partial charge in [0.05, 0.1) is 24.4 Å². The van der Waals surface area contributed by atoms with Crippen molar-refractivity contribution in [3.63, 3.8) is 0 Å². The molecule has 138 valence electrons. The van der Waals surface area contributed by atoms with Gasteiger partial charge in [0.15, 0.2) is 0 Å². The normalized spacial score (nSPS) is 19.1. The van der Waals surface area contributed by atoms with E-state index >= 15 is 0 Å². The zero-order valence-electron chi connectivity index (χ0n) is 15.2. The van der Waals surface area contributed by atoms with Gasteiger partial charge in [-0.2, -0.15) is 11.3 Å². The number of hydrogen-bond acceptors (Lipinski definition) is 6. The molecule has 5 rings (SSSR count). The Bertz CT molecular complexity index is 1020. The fourth-order valence-corrected chi connectivity index (χ4v) is 4.41. The second-order valence-corrected chi connectivity index (χ2v) is 7.83. The SMILES string of the molecule is CN1CCN(Cc2ccco2)C[C@@H]1c1nnn2cc(-c3ccsc3)ccc12. The molecule has 1 aliphatic heterocycles. The highest BCUT2D eigenvalue weighted by atomic mass is 32.1. The first-order valence-corrected chi connectivity index (χ1v) is 10.0. The molecule has 0 saturated carbocycles. The molecule has 1 atom stereocenters. The Morgan fingerprint density at radius 2 is 2.15 bits per heavy atom. The largest absolute Gasteiger partial charge is 0.468 e. The van der Waals surface area contributed by atoms with Crippen molar-refractivity contribution in [1.29, 1.82) is 0 Å². The van der Waals surface area contributed by atoms with Gasteiger partial charge in [-0.15, -0.1) is 5.10 Å². The number of pyridine rings is 1. The van der Waals surface area contributed by atoms with E-state index in [4.69, 9.17) is 4.42 Å². The molecule has 0 aliphatic carbocycles. The van der Waals surface area contributed by atoms with Crippen LogP contribution < -0.4 is 0 Å². The predicted molar refractivity (Wildman–Crippen MR) is 106 cm³/mol. The molecule has 27 heavy (non-hydrogen) atoms. The van der Waals surface area contributed by atoms with Crippen molar-refractivity contribution in [2.24, 2.45) is 0 Å². The van der Waals surface area contributed by atoms with Crippen LogP contribution in [0.25, 0.3) is 16.6 Å². The van der Waals surface area contributed by atoms with Crippen LogP contribution in [0.1, 0.15) is 17.5 Å². The molecule has 0 N–H and O–H groups in total. The van der Waals surface area contributed by atoms with Gasteiger partial charge >= 0.3 is 0 Å². The molecule has 1 aliphatic rings. The van der Waals surface area contributed by atoms with Gasteiger partial charge in [-0.3, -0.25) is 9.80 Å². The third kappa shape index (κ3) is 3.18. The van der Waals surface area contributed by atoms with Crippen LogP contribution in [0.3, 0.4) is 0 Å². The van der Waals surface area contributed by atoms with Crippen molar-refractivity contribution < 1.29 is 4.42 Å². The Labute approximate surface area is 161 Å². The highest BCUT2D eigenvalue weighted by Gasteiger charge is 2.29. The second kappa shape index (κ2) is 6.92. The van der Waals surface area contributed by atoms with Crippen molar-refractivity contribution in [2.45, 2.75) is 12.6 Å². The molecule has 0 amide bonds. The van der Waals surface area contributed by atoms with E-state index in [0.29, 0.717) is 0 Å². The fourth-order valence-electron chi connectivity index (χ4n) is 3.74. The van der Waals surface area contributed by atoms with Crippen LogP contribution in [-0.4, -0.2) is 51.3 Å². The average molecular weight is 379 g/mol. The van der Waals surface area contributed by atoms with E-state index in [0.717, 1.165) is 48.7 Å². The number of thiophene rings is 1. The Morgan fingerprint density at radius 3 is 2.96 bits per heavy atom. The highest BCUT2D eigenvalue weighted by molar-refractivity contribution is 7.08. The fraction of sp³-hybridized carbons (Fsp3) is 0.300. The Balaban J connectivity index is 1.43. The smallest absolute Gasteiger partial charge is 0.117 e. The second-order valence-electron chi connectivity index (χ2n) is 7.05. The van der Waals surface area contributed by atoms with E-state index in [-0.39, 0.29) is 6.04 Å². The summed E-state index contributed by atoms with van der Waals surface area (Å²) in [6, 6.07) is 10.6. The topological polar surface area (TPSA) is 49.8 Å². The molecular weight excluding hydrogens is 358 g/mol. The molecule has 5 heterocycles. The molecule has 0 radical (unpaired) electrons. The van der Waals surface area contributed by atoms with Gasteiger partial charge in [0.2, 0.25) is 0 Å². The molecule has 1 saturated heterocycles. The molecule has 0 bridgehead atoms. The summed E-state index contributed by atoms with van der Waals surface area (Å²) in [4.78, 5) is 4.80. The van der Waals surface area contributed by atoms with E-state index in [1.807, 2.05) is 16.6 Å². The van der Waals surface area contributed by atoms with Gasteiger partial charge < -0.3 is 4.42 Å². The molecule has 0 aromatic carbocycles. The number of nitrogens with zero attached hydrogens (tertiary/aromatic N) is 5. The summed E-state index contributed by atoms with van der Waals surface area (Å²) in [6.07, 6.45) is 3.80. The summed E-state index contributed by atoms with van der Waals surface area (Å²) in [6.45, 7) is 3.77. The van der Waals surface area contributed by atoms with Crippen molar-refractivity contribution in [2.75, 3.05) is 26.7 Å². The summed E-state index contributed by atoms with van der Waals surface area (Å²) in [7, 11) is 2.17. The first-order chi connectivity index (χ1) is 13.3. The van der Waals surface area contributed by atoms with Gasteiger partial charge in [0.25, 0.3) is 0 Å². The van der Waals surface area contributed by atoms with Crippen LogP contribution in [0, 0.1) is 0 Å². The van der Waals surface area contributed by atoms with Gasteiger partial charge in [-0.05, 0) is 47.6 Å². The monoisotopic (exact) mass is 379 g/mol. The lowest BCUT2D eigenvalue weighted by Crippen LogP contribution is -2.46. The number of aromatic nitrogens is 3. The minimum absolute atomic E-state index is 0.221.